The van der Waals surface area contributed by atoms with Crippen molar-refractivity contribution in [3.8, 4) is 0 Å². The van der Waals surface area contributed by atoms with E-state index in [4.69, 9.17) is 0 Å². The molecule has 0 aromatic rings. The fourth-order valence-electron chi connectivity index (χ4n) is 2.26. The largest absolute Gasteiger partial charge is 0.119 e. The number of hydrogen-bond donors (Lipinski definition) is 0. The van der Waals surface area contributed by atoms with Crippen LogP contribution in [-0.4, -0.2) is 0 Å². The molecule has 0 aliphatic heterocycles. The Bertz CT molecular complexity index is 300. The molecular formula is C20H36. The fourth-order valence-corrected chi connectivity index (χ4v) is 2.26. The molecule has 0 radical (unpaired) electrons. The maximum Gasteiger partial charge on any atom is -0.00641 e. The first-order chi connectivity index (χ1) is 9.74. The summed E-state index contributed by atoms with van der Waals surface area (Å²) >= 11 is 0. The van der Waals surface area contributed by atoms with Gasteiger partial charge in [0.1, 0.15) is 0 Å². The van der Waals surface area contributed by atoms with Gasteiger partial charge < -0.3 is 0 Å². The van der Waals surface area contributed by atoms with Crippen LogP contribution in [0.2, 0.25) is 0 Å². The summed E-state index contributed by atoms with van der Waals surface area (Å²) in [5.74, 6) is 0. The van der Waals surface area contributed by atoms with E-state index < -0.39 is 0 Å². The summed E-state index contributed by atoms with van der Waals surface area (Å²) < 4.78 is 0. The molecule has 0 aliphatic rings. The maximum absolute atomic E-state index is 3.65. The van der Waals surface area contributed by atoms with Crippen LogP contribution in [0.15, 0.2) is 29.0 Å². The van der Waals surface area contributed by atoms with E-state index in [1.54, 1.807) is 0 Å². The van der Waals surface area contributed by atoms with E-state index in [1.165, 1.54) is 81.8 Å². The van der Waals surface area contributed by atoms with Crippen LogP contribution in [0.5, 0.6) is 0 Å². The second-order valence-corrected chi connectivity index (χ2v) is 5.89. The molecule has 116 valence electrons. The quantitative estimate of drug-likeness (QED) is 0.198. The van der Waals surface area contributed by atoms with Crippen molar-refractivity contribution >= 4 is 0 Å². The van der Waals surface area contributed by atoms with Crippen LogP contribution < -0.4 is 0 Å². The molecule has 0 amide bonds. The van der Waals surface area contributed by atoms with E-state index in [-0.39, 0.29) is 0 Å². The third-order valence-corrected chi connectivity index (χ3v) is 3.62. The molecule has 0 saturated carbocycles. The van der Waals surface area contributed by atoms with Gasteiger partial charge in [-0.25, -0.2) is 0 Å². The molecule has 0 N–H and O–H groups in total. The predicted molar refractivity (Wildman–Crippen MR) is 93.2 cm³/mol. The topological polar surface area (TPSA) is 0 Å². The van der Waals surface area contributed by atoms with Gasteiger partial charge in [0.15, 0.2) is 0 Å². The molecule has 0 heterocycles. The van der Waals surface area contributed by atoms with Crippen molar-refractivity contribution in [2.24, 2.45) is 0 Å². The van der Waals surface area contributed by atoms with Gasteiger partial charge in [0.2, 0.25) is 0 Å². The lowest BCUT2D eigenvalue weighted by molar-refractivity contribution is 0.664. The van der Waals surface area contributed by atoms with Crippen LogP contribution in [0.1, 0.15) is 98.3 Å². The van der Waals surface area contributed by atoms with Crippen LogP contribution in [0.25, 0.3) is 0 Å². The van der Waals surface area contributed by atoms with Gasteiger partial charge >= 0.3 is 0 Å². The summed E-state index contributed by atoms with van der Waals surface area (Å²) in [6, 6.07) is 0. The average Bonchev–Trinajstić information content (AvgIpc) is 2.45. The predicted octanol–water partition coefficient (Wildman–Crippen LogP) is 7.37. The van der Waals surface area contributed by atoms with E-state index in [2.05, 4.69) is 45.6 Å². The summed E-state index contributed by atoms with van der Waals surface area (Å²) in [4.78, 5) is 0. The molecule has 0 fully saturated rings. The zero-order valence-corrected chi connectivity index (χ0v) is 14.4. The lowest BCUT2D eigenvalue weighted by atomic mass is 10.0. The molecule has 0 saturated heterocycles. The van der Waals surface area contributed by atoms with Gasteiger partial charge in [-0.1, -0.05) is 71.4 Å². The van der Waals surface area contributed by atoms with Crippen LogP contribution in [0.4, 0.5) is 0 Å². The minimum absolute atomic E-state index is 1.19. The van der Waals surface area contributed by atoms with Gasteiger partial charge in [0.25, 0.3) is 0 Å². The van der Waals surface area contributed by atoms with Crippen molar-refractivity contribution in [3.05, 3.63) is 29.0 Å². The number of unbranched alkanes of at least 4 members (excludes halogenated alkanes) is 6. The highest BCUT2D eigenvalue weighted by Crippen LogP contribution is 2.13. The highest BCUT2D eigenvalue weighted by Gasteiger charge is 1.94. The van der Waals surface area contributed by atoms with Gasteiger partial charge in [-0.2, -0.15) is 0 Å². The first-order valence-electron chi connectivity index (χ1n) is 8.86. The standard InChI is InChI=1S/C20H36/c1-5-8-11-13-15-19(4)18-20(16-10-7-3)17-14-12-9-6-2/h14,17H,5-13,15-16H2,1-4H3/b17-14+. The van der Waals surface area contributed by atoms with Crippen LogP contribution in [-0.2, 0) is 0 Å². The fraction of sp³-hybridized carbons (Fsp3) is 0.750. The molecule has 0 unspecified atom stereocenters. The monoisotopic (exact) mass is 276 g/mol. The molecule has 0 aromatic heterocycles. The minimum Gasteiger partial charge on any atom is -0.119 e. The van der Waals surface area contributed by atoms with E-state index in [9.17, 15) is 0 Å². The van der Waals surface area contributed by atoms with Gasteiger partial charge in [0, 0.05) is 0 Å². The molecule has 0 aliphatic carbocycles. The van der Waals surface area contributed by atoms with Gasteiger partial charge in [0.05, 0.1) is 0 Å². The lowest BCUT2D eigenvalue weighted by Gasteiger charge is -2.01. The van der Waals surface area contributed by atoms with E-state index >= 15 is 0 Å². The van der Waals surface area contributed by atoms with Gasteiger partial charge in [-0.05, 0) is 50.2 Å². The zero-order chi connectivity index (χ0) is 15.1. The summed E-state index contributed by atoms with van der Waals surface area (Å²) in [7, 11) is 0. The molecule has 0 bridgehead atoms. The Labute approximate surface area is 128 Å². The minimum atomic E-state index is 1.19. The Hall–Kier alpha value is -0.740. The maximum atomic E-state index is 3.65. The Morgan fingerprint density at radius 1 is 0.800 bits per heavy atom. The Balaban J connectivity index is 4.45. The Morgan fingerprint density at radius 3 is 2.15 bits per heavy atom. The molecule has 0 aromatic carbocycles. The first-order valence-corrected chi connectivity index (χ1v) is 8.86. The molecule has 0 rings (SSSR count). The summed E-state index contributed by atoms with van der Waals surface area (Å²) in [5.41, 5.74) is 6.50. The Morgan fingerprint density at radius 2 is 1.50 bits per heavy atom. The van der Waals surface area contributed by atoms with Gasteiger partial charge in [-0.15, -0.1) is 5.73 Å². The van der Waals surface area contributed by atoms with Gasteiger partial charge in [-0.3, -0.25) is 0 Å². The molecule has 0 atom stereocenters. The van der Waals surface area contributed by atoms with Crippen LogP contribution >= 0.6 is 0 Å². The first kappa shape index (κ1) is 19.3. The highest BCUT2D eigenvalue weighted by atomic mass is 14.0. The number of allylic oxidation sites excluding steroid dienone is 3. The average molecular weight is 277 g/mol. The zero-order valence-electron chi connectivity index (χ0n) is 14.4. The van der Waals surface area contributed by atoms with Crippen LogP contribution in [0.3, 0.4) is 0 Å². The molecular weight excluding hydrogens is 240 g/mol. The second-order valence-electron chi connectivity index (χ2n) is 5.89. The van der Waals surface area contributed by atoms with Crippen molar-refractivity contribution in [3.63, 3.8) is 0 Å². The number of hydrogen-bond acceptors (Lipinski definition) is 0. The molecule has 20 heavy (non-hydrogen) atoms. The SMILES string of the molecule is CCCC/C=C/C(=C=C(C)CCCCCC)CCCC. The smallest absolute Gasteiger partial charge is 0.00641 e. The summed E-state index contributed by atoms with van der Waals surface area (Å²) in [5, 5.41) is 0. The second kappa shape index (κ2) is 14.7. The summed E-state index contributed by atoms with van der Waals surface area (Å²) in [6.45, 7) is 9.03. The van der Waals surface area contributed by atoms with E-state index in [1.807, 2.05) is 0 Å². The third-order valence-electron chi connectivity index (χ3n) is 3.62. The van der Waals surface area contributed by atoms with E-state index in [0.29, 0.717) is 0 Å². The normalized spacial score (nSPS) is 10.8. The van der Waals surface area contributed by atoms with Crippen LogP contribution in [0, 0.1) is 0 Å². The van der Waals surface area contributed by atoms with Crippen molar-refractivity contribution in [2.75, 3.05) is 0 Å². The highest BCUT2D eigenvalue weighted by molar-refractivity contribution is 5.20. The molecule has 0 spiro atoms. The number of rotatable bonds is 12. The third kappa shape index (κ3) is 12.3. The molecule has 0 nitrogen and oxygen atoms in total. The van der Waals surface area contributed by atoms with Crippen molar-refractivity contribution < 1.29 is 0 Å². The van der Waals surface area contributed by atoms with Crippen molar-refractivity contribution in [1.82, 2.24) is 0 Å². The van der Waals surface area contributed by atoms with E-state index in [0.717, 1.165) is 0 Å². The van der Waals surface area contributed by atoms with Crippen molar-refractivity contribution in [2.45, 2.75) is 98.3 Å². The summed E-state index contributed by atoms with van der Waals surface area (Å²) in [6.07, 6.45) is 18.8. The van der Waals surface area contributed by atoms with Crippen molar-refractivity contribution in [1.29, 1.82) is 0 Å². The lowest BCUT2D eigenvalue weighted by Crippen LogP contribution is -1.82. The Kier molecular flexibility index (Phi) is 14.1. The molecule has 0 heteroatoms.